The molecular formula is C20H22ClN5O2. The van der Waals surface area contributed by atoms with E-state index in [4.69, 9.17) is 10.5 Å². The van der Waals surface area contributed by atoms with Gasteiger partial charge in [0.1, 0.15) is 11.6 Å². The van der Waals surface area contributed by atoms with Crippen molar-refractivity contribution in [2.75, 3.05) is 11.9 Å². The summed E-state index contributed by atoms with van der Waals surface area (Å²) in [6.07, 6.45) is 2.41. The van der Waals surface area contributed by atoms with Crippen LogP contribution in [0, 0.1) is 5.92 Å². The van der Waals surface area contributed by atoms with Crippen LogP contribution in [0.4, 0.5) is 5.69 Å². The molecule has 4 rings (SSSR count). The van der Waals surface area contributed by atoms with E-state index in [1.165, 1.54) is 12.8 Å². The maximum atomic E-state index is 12.7. The molecule has 1 fully saturated rings. The number of hydrogen-bond donors (Lipinski definition) is 3. The fourth-order valence-electron chi connectivity index (χ4n) is 2.69. The lowest BCUT2D eigenvalue weighted by atomic mass is 10.1. The van der Waals surface area contributed by atoms with Crippen LogP contribution >= 0.6 is 12.4 Å². The van der Waals surface area contributed by atoms with Crippen molar-refractivity contribution in [2.24, 2.45) is 11.7 Å². The summed E-state index contributed by atoms with van der Waals surface area (Å²) in [5, 5.41) is 9.82. The molecule has 1 heterocycles. The summed E-state index contributed by atoms with van der Waals surface area (Å²) in [7, 11) is 0. The number of ether oxygens (including phenoxy) is 1. The van der Waals surface area contributed by atoms with E-state index in [0.29, 0.717) is 47.7 Å². The quantitative estimate of drug-likeness (QED) is 0.564. The molecule has 0 saturated heterocycles. The summed E-state index contributed by atoms with van der Waals surface area (Å²) < 4.78 is 5.82. The number of nitrogens with two attached hydrogens (primary N) is 1. The minimum Gasteiger partial charge on any atom is -0.492 e. The van der Waals surface area contributed by atoms with E-state index in [0.717, 1.165) is 5.56 Å². The van der Waals surface area contributed by atoms with Crippen molar-refractivity contribution in [1.29, 1.82) is 0 Å². The molecule has 0 bridgehead atoms. The Bertz CT molecular complexity index is 938. The average molecular weight is 400 g/mol. The van der Waals surface area contributed by atoms with Crippen LogP contribution in [0.5, 0.6) is 5.75 Å². The fraction of sp³-hybridized carbons (Fsp3) is 0.250. The number of amides is 1. The van der Waals surface area contributed by atoms with E-state index in [1.54, 1.807) is 6.07 Å². The smallest absolute Gasteiger partial charge is 0.259 e. The molecule has 8 heteroatoms. The molecule has 0 aliphatic heterocycles. The average Bonchev–Trinajstić information content (AvgIpc) is 3.41. The van der Waals surface area contributed by atoms with E-state index in [2.05, 4.69) is 20.5 Å². The number of rotatable bonds is 7. The second-order valence-electron chi connectivity index (χ2n) is 6.59. The van der Waals surface area contributed by atoms with Gasteiger partial charge in [0, 0.05) is 11.3 Å². The predicted octanol–water partition coefficient (Wildman–Crippen LogP) is 3.39. The molecule has 146 valence electrons. The van der Waals surface area contributed by atoms with Gasteiger partial charge >= 0.3 is 0 Å². The molecule has 1 amide bonds. The Morgan fingerprint density at radius 1 is 1.18 bits per heavy atom. The first-order valence-electron chi connectivity index (χ1n) is 8.98. The van der Waals surface area contributed by atoms with E-state index in [9.17, 15) is 4.79 Å². The highest BCUT2D eigenvalue weighted by Gasteiger charge is 2.23. The van der Waals surface area contributed by atoms with E-state index in [-0.39, 0.29) is 18.3 Å². The summed E-state index contributed by atoms with van der Waals surface area (Å²) >= 11 is 0. The lowest BCUT2D eigenvalue weighted by Gasteiger charge is -2.11. The number of nitrogens with one attached hydrogen (secondary N) is 2. The zero-order valence-corrected chi connectivity index (χ0v) is 16.0. The number of H-pyrrole nitrogens is 1. The van der Waals surface area contributed by atoms with Crippen LogP contribution in [0.25, 0.3) is 11.4 Å². The van der Waals surface area contributed by atoms with Gasteiger partial charge in [0.25, 0.3) is 5.91 Å². The number of nitrogens with zero attached hydrogens (tertiary/aromatic N) is 2. The molecule has 0 atom stereocenters. The summed E-state index contributed by atoms with van der Waals surface area (Å²) in [6, 6.07) is 14.7. The predicted molar refractivity (Wildman–Crippen MR) is 110 cm³/mol. The topological polar surface area (TPSA) is 106 Å². The highest BCUT2D eigenvalue weighted by Crippen LogP contribution is 2.30. The normalized spacial score (nSPS) is 12.9. The molecule has 3 aromatic rings. The third-order valence-corrected chi connectivity index (χ3v) is 4.43. The van der Waals surface area contributed by atoms with Crippen LogP contribution in [0.2, 0.25) is 0 Å². The molecule has 28 heavy (non-hydrogen) atoms. The summed E-state index contributed by atoms with van der Waals surface area (Å²) in [4.78, 5) is 17.0. The molecule has 0 unspecified atom stereocenters. The molecule has 1 saturated carbocycles. The number of anilines is 1. The zero-order chi connectivity index (χ0) is 18.6. The van der Waals surface area contributed by atoms with Crippen molar-refractivity contribution in [1.82, 2.24) is 15.2 Å². The van der Waals surface area contributed by atoms with Crippen molar-refractivity contribution in [3.8, 4) is 17.1 Å². The number of benzene rings is 2. The van der Waals surface area contributed by atoms with Crippen molar-refractivity contribution < 1.29 is 9.53 Å². The Labute approximate surface area is 169 Å². The van der Waals surface area contributed by atoms with Gasteiger partial charge in [-0.1, -0.05) is 12.1 Å². The summed E-state index contributed by atoms with van der Waals surface area (Å²) in [5.74, 6) is 2.26. The highest BCUT2D eigenvalue weighted by molar-refractivity contribution is 6.06. The van der Waals surface area contributed by atoms with Crippen LogP contribution < -0.4 is 15.8 Å². The molecular weight excluding hydrogens is 378 g/mol. The number of halogens is 1. The first kappa shape index (κ1) is 19.9. The molecule has 1 aliphatic rings. The Balaban J connectivity index is 0.00000225. The van der Waals surface area contributed by atoms with E-state index >= 15 is 0 Å². The van der Waals surface area contributed by atoms with Crippen molar-refractivity contribution in [2.45, 2.75) is 19.4 Å². The van der Waals surface area contributed by atoms with Gasteiger partial charge in [0.15, 0.2) is 5.82 Å². The maximum Gasteiger partial charge on any atom is 0.259 e. The largest absolute Gasteiger partial charge is 0.492 e. The standard InChI is InChI=1S/C20H21N5O2.ClH/c21-11-18-23-19(25-24-18)14-7-9-15(10-8-14)22-20(26)16-3-1-2-4-17(16)27-12-13-5-6-13;/h1-4,7-10,13H,5-6,11-12,21H2,(H,22,26)(H,23,24,25);1H. The first-order valence-corrected chi connectivity index (χ1v) is 8.98. The molecule has 1 aromatic heterocycles. The van der Waals surface area contributed by atoms with Crippen LogP contribution in [-0.4, -0.2) is 27.7 Å². The Hall–Kier alpha value is -2.90. The lowest BCUT2D eigenvalue weighted by molar-refractivity contribution is 0.102. The monoisotopic (exact) mass is 399 g/mol. The van der Waals surface area contributed by atoms with Crippen LogP contribution in [0.1, 0.15) is 29.0 Å². The second kappa shape index (κ2) is 8.86. The number of hydrogen-bond acceptors (Lipinski definition) is 5. The van der Waals surface area contributed by atoms with Gasteiger partial charge in [-0.2, -0.15) is 5.10 Å². The lowest BCUT2D eigenvalue weighted by Crippen LogP contribution is -2.14. The number of carbonyl (C=O) groups is 1. The molecule has 0 radical (unpaired) electrons. The van der Waals surface area contributed by atoms with Gasteiger partial charge in [-0.3, -0.25) is 9.89 Å². The minimum absolute atomic E-state index is 0. The number of para-hydroxylation sites is 1. The van der Waals surface area contributed by atoms with Crippen molar-refractivity contribution in [3.63, 3.8) is 0 Å². The van der Waals surface area contributed by atoms with Gasteiger partial charge < -0.3 is 15.8 Å². The Morgan fingerprint density at radius 3 is 2.61 bits per heavy atom. The second-order valence-corrected chi connectivity index (χ2v) is 6.59. The summed E-state index contributed by atoms with van der Waals surface area (Å²) in [5.41, 5.74) is 7.60. The van der Waals surface area contributed by atoms with Gasteiger partial charge in [0.05, 0.1) is 18.7 Å². The highest BCUT2D eigenvalue weighted by atomic mass is 35.5. The first-order chi connectivity index (χ1) is 13.2. The van der Waals surface area contributed by atoms with Gasteiger partial charge in [-0.05, 0) is 55.2 Å². The van der Waals surface area contributed by atoms with Gasteiger partial charge in [0.2, 0.25) is 0 Å². The third kappa shape index (κ3) is 4.68. The molecule has 2 aromatic carbocycles. The van der Waals surface area contributed by atoms with Crippen LogP contribution in [-0.2, 0) is 6.54 Å². The molecule has 1 aliphatic carbocycles. The number of aromatic nitrogens is 3. The van der Waals surface area contributed by atoms with Crippen molar-refractivity contribution in [3.05, 3.63) is 59.9 Å². The third-order valence-electron chi connectivity index (χ3n) is 4.43. The molecule has 4 N–H and O–H groups in total. The molecule has 0 spiro atoms. The van der Waals surface area contributed by atoms with E-state index < -0.39 is 0 Å². The van der Waals surface area contributed by atoms with Gasteiger partial charge in [-0.15, -0.1) is 12.4 Å². The Morgan fingerprint density at radius 2 is 1.93 bits per heavy atom. The maximum absolute atomic E-state index is 12.7. The van der Waals surface area contributed by atoms with E-state index in [1.807, 2.05) is 42.5 Å². The van der Waals surface area contributed by atoms with Crippen LogP contribution in [0.15, 0.2) is 48.5 Å². The molecule has 7 nitrogen and oxygen atoms in total. The zero-order valence-electron chi connectivity index (χ0n) is 15.2. The Kier molecular flexibility index (Phi) is 6.28. The van der Waals surface area contributed by atoms with Crippen molar-refractivity contribution >= 4 is 24.0 Å². The summed E-state index contributed by atoms with van der Waals surface area (Å²) in [6.45, 7) is 0.976. The minimum atomic E-state index is -0.197. The van der Waals surface area contributed by atoms with Crippen LogP contribution in [0.3, 0.4) is 0 Å². The SMILES string of the molecule is Cl.NCc1nc(-c2ccc(NC(=O)c3ccccc3OCC3CC3)cc2)n[nH]1. The number of aromatic amines is 1. The number of carbonyl (C=O) groups excluding carboxylic acids is 1. The van der Waals surface area contributed by atoms with Gasteiger partial charge in [-0.25, -0.2) is 4.98 Å². The fourth-order valence-corrected chi connectivity index (χ4v) is 2.69.